The van der Waals surface area contributed by atoms with Gasteiger partial charge in [-0.1, -0.05) is 0 Å². The number of nitrogens with zero attached hydrogens (tertiary/aromatic N) is 3. The molecule has 1 aliphatic rings. The lowest BCUT2D eigenvalue weighted by atomic mass is 10.1. The number of hydrogen-bond acceptors (Lipinski definition) is 5. The summed E-state index contributed by atoms with van der Waals surface area (Å²) >= 11 is 0. The second kappa shape index (κ2) is 6.59. The molecule has 0 saturated carbocycles. The summed E-state index contributed by atoms with van der Waals surface area (Å²) in [5.41, 5.74) is 2.95. The van der Waals surface area contributed by atoms with Crippen molar-refractivity contribution < 1.29 is 9.84 Å². The summed E-state index contributed by atoms with van der Waals surface area (Å²) in [6.07, 6.45) is 7.34. The molecular weight excluding hydrogens is 304 g/mol. The fraction of sp³-hybridized carbons (Fsp3) is 0.333. The number of aromatic nitrogens is 3. The van der Waals surface area contributed by atoms with E-state index in [2.05, 4.69) is 15.3 Å². The summed E-state index contributed by atoms with van der Waals surface area (Å²) in [4.78, 5) is 8.58. The van der Waals surface area contributed by atoms with Crippen LogP contribution in [0.2, 0.25) is 0 Å². The number of aliphatic hydroxyl groups is 1. The zero-order valence-electron chi connectivity index (χ0n) is 13.4. The molecule has 24 heavy (non-hydrogen) atoms. The maximum absolute atomic E-state index is 9.87. The van der Waals surface area contributed by atoms with Gasteiger partial charge >= 0.3 is 0 Å². The summed E-state index contributed by atoms with van der Waals surface area (Å²) in [5.74, 6) is 0.837. The smallest absolute Gasteiger partial charge is 0.128 e. The molecule has 0 amide bonds. The van der Waals surface area contributed by atoms with Gasteiger partial charge in [0.15, 0.2) is 0 Å². The molecule has 0 aliphatic carbocycles. The molecule has 3 aromatic heterocycles. The van der Waals surface area contributed by atoms with Crippen molar-refractivity contribution in [2.24, 2.45) is 0 Å². The van der Waals surface area contributed by atoms with E-state index in [4.69, 9.17) is 4.74 Å². The Balaban J connectivity index is 1.70. The standard InChI is InChI=1S/C18H20N4O2/c23-12-22-16(13-1-5-19-6-2-13)9-14-11-20-18(10-17(14)22)21-15-3-7-24-8-4-15/h1-2,5-6,9-11,15,23H,3-4,7-8,12H2,(H,20,21). The average molecular weight is 324 g/mol. The minimum Gasteiger partial charge on any atom is -0.381 e. The van der Waals surface area contributed by atoms with E-state index in [1.54, 1.807) is 12.4 Å². The SMILES string of the molecule is OCn1c(-c2ccncc2)cc2cnc(NC3CCOCC3)cc21. The highest BCUT2D eigenvalue weighted by Gasteiger charge is 2.15. The lowest BCUT2D eigenvalue weighted by Gasteiger charge is -2.23. The third kappa shape index (κ3) is 2.86. The van der Waals surface area contributed by atoms with Crippen molar-refractivity contribution in [2.45, 2.75) is 25.6 Å². The number of aliphatic hydroxyl groups excluding tert-OH is 1. The fourth-order valence-electron chi connectivity index (χ4n) is 3.20. The molecule has 3 aromatic rings. The molecule has 6 nitrogen and oxygen atoms in total. The van der Waals surface area contributed by atoms with Crippen molar-refractivity contribution in [1.82, 2.24) is 14.5 Å². The summed E-state index contributed by atoms with van der Waals surface area (Å²) in [6, 6.07) is 8.32. The normalized spacial score (nSPS) is 15.7. The molecule has 0 spiro atoms. The number of nitrogens with one attached hydrogen (secondary N) is 1. The van der Waals surface area contributed by atoms with Gasteiger partial charge in [0.1, 0.15) is 12.5 Å². The Hall–Kier alpha value is -2.44. The number of hydrogen-bond donors (Lipinski definition) is 2. The van der Waals surface area contributed by atoms with Crippen molar-refractivity contribution in [2.75, 3.05) is 18.5 Å². The number of ether oxygens (including phenoxy) is 1. The first-order valence-electron chi connectivity index (χ1n) is 8.20. The molecule has 0 aromatic carbocycles. The highest BCUT2D eigenvalue weighted by atomic mass is 16.5. The summed E-state index contributed by atoms with van der Waals surface area (Å²) < 4.78 is 7.28. The van der Waals surface area contributed by atoms with Crippen LogP contribution in [0.5, 0.6) is 0 Å². The first kappa shape index (κ1) is 15.1. The molecule has 124 valence electrons. The average Bonchev–Trinajstić information content (AvgIpc) is 3.01. The second-order valence-corrected chi connectivity index (χ2v) is 5.99. The third-order valence-corrected chi connectivity index (χ3v) is 4.48. The molecule has 0 unspecified atom stereocenters. The lowest BCUT2D eigenvalue weighted by Crippen LogP contribution is -2.28. The van der Waals surface area contributed by atoms with E-state index in [-0.39, 0.29) is 6.73 Å². The maximum Gasteiger partial charge on any atom is 0.128 e. The molecule has 2 N–H and O–H groups in total. The van der Waals surface area contributed by atoms with Crippen molar-refractivity contribution in [1.29, 1.82) is 0 Å². The highest BCUT2D eigenvalue weighted by Crippen LogP contribution is 2.29. The van der Waals surface area contributed by atoms with E-state index >= 15 is 0 Å². The lowest BCUT2D eigenvalue weighted by molar-refractivity contribution is 0.0904. The van der Waals surface area contributed by atoms with Crippen molar-refractivity contribution in [3.05, 3.63) is 42.9 Å². The first-order chi connectivity index (χ1) is 11.8. The number of anilines is 1. The molecule has 1 saturated heterocycles. The Labute approximate surface area is 140 Å². The van der Waals surface area contributed by atoms with Gasteiger partial charge in [-0.15, -0.1) is 0 Å². The number of fused-ring (bicyclic) bond motifs is 1. The van der Waals surface area contributed by atoms with Crippen LogP contribution in [0.3, 0.4) is 0 Å². The molecule has 6 heteroatoms. The number of pyridine rings is 2. The van der Waals surface area contributed by atoms with Gasteiger partial charge in [0.2, 0.25) is 0 Å². The predicted molar refractivity (Wildman–Crippen MR) is 92.6 cm³/mol. The quantitative estimate of drug-likeness (QED) is 0.772. The van der Waals surface area contributed by atoms with Gasteiger partial charge in [-0.2, -0.15) is 0 Å². The van der Waals surface area contributed by atoms with Crippen LogP contribution in [0.15, 0.2) is 42.9 Å². The van der Waals surface area contributed by atoms with Crippen LogP contribution < -0.4 is 5.32 Å². The summed E-state index contributed by atoms with van der Waals surface area (Å²) in [5, 5.41) is 14.4. The van der Waals surface area contributed by atoms with E-state index in [9.17, 15) is 5.11 Å². The topological polar surface area (TPSA) is 72.2 Å². The van der Waals surface area contributed by atoms with Gasteiger partial charge in [0, 0.05) is 54.9 Å². The minimum absolute atomic E-state index is 0.0815. The van der Waals surface area contributed by atoms with Crippen molar-refractivity contribution >= 4 is 16.7 Å². The summed E-state index contributed by atoms with van der Waals surface area (Å²) in [6.45, 7) is 1.50. The van der Waals surface area contributed by atoms with Gasteiger partial charge in [0.05, 0.1) is 11.2 Å². The van der Waals surface area contributed by atoms with E-state index in [0.29, 0.717) is 6.04 Å². The highest BCUT2D eigenvalue weighted by molar-refractivity contribution is 5.88. The van der Waals surface area contributed by atoms with Crippen LogP contribution in [-0.4, -0.2) is 38.9 Å². The number of rotatable bonds is 4. The molecular formula is C18H20N4O2. The molecule has 0 radical (unpaired) electrons. The predicted octanol–water partition coefficient (Wildman–Crippen LogP) is 2.64. The Morgan fingerprint density at radius 1 is 1.21 bits per heavy atom. The van der Waals surface area contributed by atoms with E-state index in [0.717, 1.165) is 54.0 Å². The van der Waals surface area contributed by atoms with Crippen LogP contribution in [0.1, 0.15) is 12.8 Å². The van der Waals surface area contributed by atoms with Crippen LogP contribution in [0.25, 0.3) is 22.2 Å². The van der Waals surface area contributed by atoms with Crippen molar-refractivity contribution in [3.8, 4) is 11.3 Å². The van der Waals surface area contributed by atoms with Crippen LogP contribution in [-0.2, 0) is 11.5 Å². The molecule has 0 bridgehead atoms. The van der Waals surface area contributed by atoms with Crippen LogP contribution in [0.4, 0.5) is 5.82 Å². The Kier molecular flexibility index (Phi) is 4.15. The van der Waals surface area contributed by atoms with Gasteiger partial charge in [-0.3, -0.25) is 4.98 Å². The first-order valence-corrected chi connectivity index (χ1v) is 8.20. The van der Waals surface area contributed by atoms with Crippen molar-refractivity contribution in [3.63, 3.8) is 0 Å². The molecule has 1 aliphatic heterocycles. The molecule has 0 atom stereocenters. The van der Waals surface area contributed by atoms with Gasteiger partial charge in [-0.25, -0.2) is 4.98 Å². The Bertz CT molecular complexity index is 826. The van der Waals surface area contributed by atoms with Gasteiger partial charge in [-0.05, 0) is 31.0 Å². The van der Waals surface area contributed by atoms with Crippen LogP contribution in [0, 0.1) is 0 Å². The zero-order valence-corrected chi connectivity index (χ0v) is 13.4. The van der Waals surface area contributed by atoms with E-state index in [1.807, 2.05) is 35.0 Å². The summed E-state index contributed by atoms with van der Waals surface area (Å²) in [7, 11) is 0. The van der Waals surface area contributed by atoms with E-state index < -0.39 is 0 Å². The molecule has 1 fully saturated rings. The molecule has 4 rings (SSSR count). The maximum atomic E-state index is 9.87. The third-order valence-electron chi connectivity index (χ3n) is 4.48. The zero-order chi connectivity index (χ0) is 16.4. The largest absolute Gasteiger partial charge is 0.381 e. The van der Waals surface area contributed by atoms with Crippen LogP contribution >= 0.6 is 0 Å². The Morgan fingerprint density at radius 3 is 2.75 bits per heavy atom. The Morgan fingerprint density at radius 2 is 2.00 bits per heavy atom. The van der Waals surface area contributed by atoms with E-state index in [1.165, 1.54) is 0 Å². The fourth-order valence-corrected chi connectivity index (χ4v) is 3.20. The molecule has 4 heterocycles. The second-order valence-electron chi connectivity index (χ2n) is 5.99. The van der Waals surface area contributed by atoms with Gasteiger partial charge in [0.25, 0.3) is 0 Å². The monoisotopic (exact) mass is 324 g/mol. The minimum atomic E-state index is -0.0815. The van der Waals surface area contributed by atoms with Gasteiger partial charge < -0.3 is 19.7 Å².